The molecule has 180 valence electrons. The summed E-state index contributed by atoms with van der Waals surface area (Å²) in [5.41, 5.74) is -1.51. The zero-order valence-corrected chi connectivity index (χ0v) is 18.2. The van der Waals surface area contributed by atoms with Crippen LogP contribution in [0.4, 0.5) is 32.0 Å². The van der Waals surface area contributed by atoms with Gasteiger partial charge >= 0.3 is 12.4 Å². The summed E-state index contributed by atoms with van der Waals surface area (Å²) in [7, 11) is 1.64. The average Bonchev–Trinajstić information content (AvgIpc) is 3.00. The largest absolute Gasteiger partial charge is 0.449 e. The third kappa shape index (κ3) is 4.07. The van der Waals surface area contributed by atoms with Gasteiger partial charge in [-0.15, -0.1) is 0 Å². The van der Waals surface area contributed by atoms with E-state index in [4.69, 9.17) is 16.3 Å². The van der Waals surface area contributed by atoms with Crippen LogP contribution in [0.3, 0.4) is 0 Å². The molecule has 0 fully saturated rings. The van der Waals surface area contributed by atoms with Gasteiger partial charge in [0.25, 0.3) is 5.56 Å². The van der Waals surface area contributed by atoms with Crippen LogP contribution in [-0.2, 0) is 17.9 Å². The molecule has 0 bridgehead atoms. The fourth-order valence-electron chi connectivity index (χ4n) is 3.71. The van der Waals surface area contributed by atoms with Crippen LogP contribution in [0.2, 0.25) is 5.02 Å². The molecular formula is C21H15ClF6N4O2. The van der Waals surface area contributed by atoms with Crippen molar-refractivity contribution in [2.45, 2.75) is 24.8 Å². The number of para-hydroxylation sites is 1. The van der Waals surface area contributed by atoms with Gasteiger partial charge in [-0.1, -0.05) is 29.8 Å². The van der Waals surface area contributed by atoms with Crippen LogP contribution in [0.25, 0.3) is 0 Å². The highest BCUT2D eigenvalue weighted by atomic mass is 35.5. The summed E-state index contributed by atoms with van der Waals surface area (Å²) in [6.45, 7) is 1.53. The van der Waals surface area contributed by atoms with E-state index in [1.165, 1.54) is 6.92 Å². The minimum atomic E-state index is -5.15. The van der Waals surface area contributed by atoms with Gasteiger partial charge in [-0.05, 0) is 31.2 Å². The molecule has 2 aromatic carbocycles. The van der Waals surface area contributed by atoms with Crippen LogP contribution in [0.1, 0.15) is 29.6 Å². The number of hydrogen-bond donors (Lipinski definition) is 2. The summed E-state index contributed by atoms with van der Waals surface area (Å²) in [6.07, 6.45) is -10.0. The number of ether oxygens (including phenoxy) is 1. The number of hydrazine groups is 1. The van der Waals surface area contributed by atoms with Crippen molar-refractivity contribution in [2.24, 2.45) is 0 Å². The van der Waals surface area contributed by atoms with E-state index < -0.39 is 51.2 Å². The highest BCUT2D eigenvalue weighted by molar-refractivity contribution is 6.31. The van der Waals surface area contributed by atoms with Crippen LogP contribution in [0, 0.1) is 0 Å². The van der Waals surface area contributed by atoms with Crippen LogP contribution in [0.5, 0.6) is 11.5 Å². The third-order valence-electron chi connectivity index (χ3n) is 5.28. The molecule has 2 N–H and O–H groups in total. The fraction of sp³-hybridized carbons (Fsp3) is 0.238. The van der Waals surface area contributed by atoms with E-state index in [2.05, 4.69) is 15.4 Å². The van der Waals surface area contributed by atoms with Crippen molar-refractivity contribution >= 4 is 17.3 Å². The Bertz CT molecular complexity index is 1320. The van der Waals surface area contributed by atoms with Crippen molar-refractivity contribution < 1.29 is 31.1 Å². The number of benzene rings is 2. The lowest BCUT2D eigenvalue weighted by Gasteiger charge is -2.26. The van der Waals surface area contributed by atoms with Crippen molar-refractivity contribution in [1.29, 1.82) is 0 Å². The second-order valence-corrected chi connectivity index (χ2v) is 8.05. The Hall–Kier alpha value is -3.25. The highest BCUT2D eigenvalue weighted by Gasteiger charge is 2.45. The summed E-state index contributed by atoms with van der Waals surface area (Å²) in [4.78, 5) is 18.7. The Kier molecular flexibility index (Phi) is 5.56. The Balaban J connectivity index is 1.84. The number of halogens is 7. The maximum atomic E-state index is 13.9. The lowest BCUT2D eigenvalue weighted by atomic mass is 9.92. The van der Waals surface area contributed by atoms with Crippen LogP contribution in [0.15, 0.2) is 47.3 Å². The SMILES string of the molecule is CN1NC(C)(c2nc(C(F)(F)F)c(Oc3ccc(Cl)c(C(F)(F)F)c3)c(=O)[nH]2)c2ccccc21. The lowest BCUT2D eigenvalue weighted by molar-refractivity contribution is -0.143. The van der Waals surface area contributed by atoms with E-state index in [1.807, 2.05) is 0 Å². The normalized spacial score (nSPS) is 18.2. The summed E-state index contributed by atoms with van der Waals surface area (Å²) < 4.78 is 86.1. The summed E-state index contributed by atoms with van der Waals surface area (Å²) >= 11 is 5.53. The molecule has 0 radical (unpaired) electrons. The minimum Gasteiger partial charge on any atom is -0.449 e. The average molecular weight is 505 g/mol. The first-order chi connectivity index (χ1) is 15.7. The second kappa shape index (κ2) is 7.91. The number of aromatic amines is 1. The molecular weight excluding hydrogens is 490 g/mol. The van der Waals surface area contributed by atoms with Crippen molar-refractivity contribution in [3.8, 4) is 11.5 Å². The predicted molar refractivity (Wildman–Crippen MR) is 111 cm³/mol. The van der Waals surface area contributed by atoms with Gasteiger partial charge in [-0.2, -0.15) is 26.3 Å². The van der Waals surface area contributed by atoms with Gasteiger partial charge in [-0.3, -0.25) is 4.79 Å². The standard InChI is InChI=1S/C21H15ClF6N4O2/c1-19(11-5-3-4-6-14(11)32(2)31-19)18-29-16(21(26,27)28)15(17(33)30-18)34-10-7-8-13(22)12(9-10)20(23,24)25/h3-9,31H,1-2H3,(H,29,30,33). The molecule has 1 atom stereocenters. The number of H-pyrrole nitrogens is 1. The molecule has 0 saturated carbocycles. The molecule has 1 aliphatic rings. The zero-order chi connectivity index (χ0) is 25.1. The summed E-state index contributed by atoms with van der Waals surface area (Å²) in [6, 6.07) is 8.92. The maximum Gasteiger partial charge on any atom is 0.437 e. The van der Waals surface area contributed by atoms with E-state index >= 15 is 0 Å². The number of nitrogens with one attached hydrogen (secondary N) is 2. The van der Waals surface area contributed by atoms with Crippen molar-refractivity contribution in [3.05, 3.63) is 80.5 Å². The van der Waals surface area contributed by atoms with Gasteiger partial charge in [-0.25, -0.2) is 10.4 Å². The van der Waals surface area contributed by atoms with Crippen molar-refractivity contribution in [1.82, 2.24) is 15.4 Å². The smallest absolute Gasteiger partial charge is 0.437 e. The first kappa shape index (κ1) is 23.9. The van der Waals surface area contributed by atoms with Crippen LogP contribution < -0.4 is 20.7 Å². The van der Waals surface area contributed by atoms with E-state index in [-0.39, 0.29) is 5.82 Å². The summed E-state index contributed by atoms with van der Waals surface area (Å²) in [5, 5.41) is 0.889. The predicted octanol–water partition coefficient (Wildman–Crippen LogP) is 5.47. The highest BCUT2D eigenvalue weighted by Crippen LogP contribution is 2.42. The molecule has 4 rings (SSSR count). The molecule has 0 amide bonds. The molecule has 0 aliphatic carbocycles. The maximum absolute atomic E-state index is 13.9. The van der Waals surface area contributed by atoms with Gasteiger partial charge in [0.15, 0.2) is 5.69 Å². The molecule has 1 aromatic heterocycles. The number of hydrogen-bond acceptors (Lipinski definition) is 5. The fourth-order valence-corrected chi connectivity index (χ4v) is 3.94. The van der Waals surface area contributed by atoms with Gasteiger partial charge in [0, 0.05) is 12.6 Å². The molecule has 6 nitrogen and oxygen atoms in total. The van der Waals surface area contributed by atoms with Gasteiger partial charge in [0.1, 0.15) is 17.1 Å². The number of anilines is 1. The molecule has 0 saturated heterocycles. The Morgan fingerprint density at radius 3 is 2.38 bits per heavy atom. The number of alkyl halides is 6. The Morgan fingerprint density at radius 2 is 1.74 bits per heavy atom. The van der Waals surface area contributed by atoms with E-state index in [9.17, 15) is 31.1 Å². The number of aromatic nitrogens is 2. The second-order valence-electron chi connectivity index (χ2n) is 7.64. The quantitative estimate of drug-likeness (QED) is 0.463. The van der Waals surface area contributed by atoms with Gasteiger partial charge in [0.2, 0.25) is 5.75 Å². The monoisotopic (exact) mass is 504 g/mol. The topological polar surface area (TPSA) is 70.2 Å². The zero-order valence-electron chi connectivity index (χ0n) is 17.4. The molecule has 13 heteroatoms. The summed E-state index contributed by atoms with van der Waals surface area (Å²) in [5.74, 6) is -2.33. The number of fused-ring (bicyclic) bond motifs is 1. The Labute approximate surface area is 193 Å². The van der Waals surface area contributed by atoms with Crippen molar-refractivity contribution in [2.75, 3.05) is 12.1 Å². The van der Waals surface area contributed by atoms with Gasteiger partial charge < -0.3 is 14.7 Å². The third-order valence-corrected chi connectivity index (χ3v) is 5.61. The van der Waals surface area contributed by atoms with E-state index in [0.29, 0.717) is 17.3 Å². The van der Waals surface area contributed by atoms with E-state index in [1.54, 1.807) is 36.3 Å². The van der Waals surface area contributed by atoms with Crippen molar-refractivity contribution in [3.63, 3.8) is 0 Å². The molecule has 2 heterocycles. The Morgan fingerprint density at radius 1 is 1.06 bits per heavy atom. The molecule has 1 aliphatic heterocycles. The first-order valence-electron chi connectivity index (χ1n) is 9.59. The van der Waals surface area contributed by atoms with E-state index in [0.717, 1.165) is 12.1 Å². The molecule has 3 aromatic rings. The number of nitrogens with zero attached hydrogens (tertiary/aromatic N) is 2. The molecule has 1 unspecified atom stereocenters. The lowest BCUT2D eigenvalue weighted by Crippen LogP contribution is -2.45. The first-order valence-corrected chi connectivity index (χ1v) is 9.97. The minimum absolute atomic E-state index is 0.360. The van der Waals surface area contributed by atoms with Crippen LogP contribution >= 0.6 is 11.6 Å². The number of rotatable bonds is 3. The van der Waals surface area contributed by atoms with Crippen LogP contribution in [-0.4, -0.2) is 17.0 Å². The molecule has 34 heavy (non-hydrogen) atoms. The van der Waals surface area contributed by atoms with Gasteiger partial charge in [0.05, 0.1) is 16.3 Å². The molecule has 0 spiro atoms.